The predicted octanol–water partition coefficient (Wildman–Crippen LogP) is 2.54. The smallest absolute Gasteiger partial charge is 0.160 e. The predicted molar refractivity (Wildman–Crippen MR) is 77.8 cm³/mol. The van der Waals surface area contributed by atoms with Crippen LogP contribution in [0, 0.1) is 0 Å². The molecule has 0 aliphatic heterocycles. The quantitative estimate of drug-likeness (QED) is 0.808. The van der Waals surface area contributed by atoms with Crippen LogP contribution in [0.3, 0.4) is 0 Å². The molecule has 0 saturated heterocycles. The minimum atomic E-state index is 0.520. The van der Waals surface area contributed by atoms with Crippen molar-refractivity contribution in [1.29, 1.82) is 0 Å². The number of nitrogens with two attached hydrogens (primary N) is 1. The van der Waals surface area contributed by atoms with Crippen LogP contribution in [0.15, 0.2) is 47.1 Å². The zero-order valence-electron chi connectivity index (χ0n) is 10.3. The highest BCUT2D eigenvalue weighted by Gasteiger charge is 2.06. The zero-order valence-corrected chi connectivity index (χ0v) is 11.8. The lowest BCUT2D eigenvalue weighted by Gasteiger charge is -2.03. The molecule has 0 aliphatic carbocycles. The number of halogens is 1. The highest BCUT2D eigenvalue weighted by atomic mass is 79.9. The molecule has 4 nitrogen and oxygen atoms in total. The first-order chi connectivity index (χ1) is 9.26. The summed E-state index contributed by atoms with van der Waals surface area (Å²) in [5.74, 6) is 0.924. The second-order valence-corrected chi connectivity index (χ2v) is 5.30. The first-order valence-electron chi connectivity index (χ1n) is 6.03. The third-order valence-electron chi connectivity index (χ3n) is 3.05. The Labute approximate surface area is 119 Å². The molecule has 2 aromatic heterocycles. The molecule has 0 unspecified atom stereocenters. The minimum Gasteiger partial charge on any atom is -0.326 e. The van der Waals surface area contributed by atoms with Gasteiger partial charge in [0.15, 0.2) is 5.65 Å². The molecule has 0 bridgehead atoms. The Morgan fingerprint density at radius 2 is 1.74 bits per heavy atom. The van der Waals surface area contributed by atoms with Crippen molar-refractivity contribution in [3.8, 4) is 0 Å². The molecule has 0 aliphatic rings. The van der Waals surface area contributed by atoms with E-state index < -0.39 is 0 Å². The van der Waals surface area contributed by atoms with Crippen LogP contribution in [0.2, 0.25) is 0 Å². The molecule has 2 N–H and O–H groups in total. The van der Waals surface area contributed by atoms with Gasteiger partial charge in [-0.3, -0.25) is 4.40 Å². The number of rotatable bonds is 3. The molecular formula is C14H13BrN4. The van der Waals surface area contributed by atoms with Crippen LogP contribution in [-0.2, 0) is 13.0 Å². The molecule has 19 heavy (non-hydrogen) atoms. The van der Waals surface area contributed by atoms with Gasteiger partial charge in [0.1, 0.15) is 5.82 Å². The summed E-state index contributed by atoms with van der Waals surface area (Å²) in [6.07, 6.45) is 2.76. The van der Waals surface area contributed by atoms with Crippen LogP contribution < -0.4 is 5.73 Å². The van der Waals surface area contributed by atoms with Gasteiger partial charge in [-0.2, -0.15) is 0 Å². The average molecular weight is 317 g/mol. The van der Waals surface area contributed by atoms with E-state index in [1.54, 1.807) is 0 Å². The van der Waals surface area contributed by atoms with Gasteiger partial charge in [0.25, 0.3) is 0 Å². The summed E-state index contributed by atoms with van der Waals surface area (Å²) in [6.45, 7) is 0.520. The van der Waals surface area contributed by atoms with Gasteiger partial charge >= 0.3 is 0 Å². The maximum atomic E-state index is 5.67. The second kappa shape index (κ2) is 5.11. The standard InChI is InChI=1S/C14H13BrN4/c15-12-4-1-10(2-5-12)7-14-18-17-13-6-3-11(8-16)9-19(13)14/h1-6,9H,7-8,16H2. The van der Waals surface area contributed by atoms with Crippen LogP contribution in [0.4, 0.5) is 0 Å². The molecule has 3 aromatic rings. The molecule has 0 spiro atoms. The van der Waals surface area contributed by atoms with E-state index >= 15 is 0 Å². The Morgan fingerprint density at radius 1 is 1.00 bits per heavy atom. The fourth-order valence-electron chi connectivity index (χ4n) is 2.01. The van der Waals surface area contributed by atoms with E-state index in [-0.39, 0.29) is 0 Å². The number of pyridine rings is 1. The van der Waals surface area contributed by atoms with E-state index in [1.807, 2.05) is 34.9 Å². The first kappa shape index (κ1) is 12.3. The van der Waals surface area contributed by atoms with Crippen LogP contribution in [-0.4, -0.2) is 14.6 Å². The van der Waals surface area contributed by atoms with E-state index in [2.05, 4.69) is 38.3 Å². The van der Waals surface area contributed by atoms with Gasteiger partial charge in [0, 0.05) is 23.6 Å². The minimum absolute atomic E-state index is 0.520. The number of aromatic nitrogens is 3. The highest BCUT2D eigenvalue weighted by molar-refractivity contribution is 9.10. The van der Waals surface area contributed by atoms with Gasteiger partial charge in [-0.1, -0.05) is 34.1 Å². The van der Waals surface area contributed by atoms with Gasteiger partial charge in [-0.25, -0.2) is 0 Å². The number of hydrogen-bond acceptors (Lipinski definition) is 3. The Morgan fingerprint density at radius 3 is 2.47 bits per heavy atom. The molecule has 0 radical (unpaired) electrons. The molecule has 0 amide bonds. The van der Waals surface area contributed by atoms with Crippen LogP contribution in [0.1, 0.15) is 17.0 Å². The van der Waals surface area contributed by atoms with Crippen molar-refractivity contribution in [3.63, 3.8) is 0 Å². The van der Waals surface area contributed by atoms with Gasteiger partial charge in [-0.15, -0.1) is 10.2 Å². The van der Waals surface area contributed by atoms with Crippen molar-refractivity contribution in [1.82, 2.24) is 14.6 Å². The average Bonchev–Trinajstić information content (AvgIpc) is 2.84. The lowest BCUT2D eigenvalue weighted by Crippen LogP contribution is -2.01. The molecular weight excluding hydrogens is 304 g/mol. The van der Waals surface area contributed by atoms with Crippen molar-refractivity contribution in [2.75, 3.05) is 0 Å². The Hall–Kier alpha value is -1.72. The van der Waals surface area contributed by atoms with E-state index in [0.29, 0.717) is 6.54 Å². The van der Waals surface area contributed by atoms with Crippen molar-refractivity contribution >= 4 is 21.6 Å². The Kier molecular flexibility index (Phi) is 3.31. The molecule has 2 heterocycles. The molecule has 0 fully saturated rings. The fourth-order valence-corrected chi connectivity index (χ4v) is 2.27. The molecule has 1 aromatic carbocycles. The number of hydrogen-bond donors (Lipinski definition) is 1. The highest BCUT2D eigenvalue weighted by Crippen LogP contribution is 2.14. The van der Waals surface area contributed by atoms with Crippen molar-refractivity contribution in [3.05, 3.63) is 64.0 Å². The van der Waals surface area contributed by atoms with E-state index in [1.165, 1.54) is 5.56 Å². The topological polar surface area (TPSA) is 56.2 Å². The zero-order chi connectivity index (χ0) is 13.2. The SMILES string of the molecule is NCc1ccc2nnc(Cc3ccc(Br)cc3)n2c1. The summed E-state index contributed by atoms with van der Waals surface area (Å²) in [7, 11) is 0. The maximum Gasteiger partial charge on any atom is 0.160 e. The fraction of sp³-hybridized carbons (Fsp3) is 0.143. The second-order valence-electron chi connectivity index (χ2n) is 4.39. The molecule has 0 saturated carbocycles. The van der Waals surface area contributed by atoms with E-state index in [4.69, 9.17) is 5.73 Å². The summed E-state index contributed by atoms with van der Waals surface area (Å²) in [5.41, 5.74) is 8.80. The summed E-state index contributed by atoms with van der Waals surface area (Å²) in [6, 6.07) is 12.2. The number of fused-ring (bicyclic) bond motifs is 1. The molecule has 0 atom stereocenters. The molecule has 96 valence electrons. The van der Waals surface area contributed by atoms with Gasteiger partial charge in [0.2, 0.25) is 0 Å². The maximum absolute atomic E-state index is 5.67. The molecule has 5 heteroatoms. The van der Waals surface area contributed by atoms with E-state index in [9.17, 15) is 0 Å². The lowest BCUT2D eigenvalue weighted by atomic mass is 10.1. The van der Waals surface area contributed by atoms with Crippen molar-refractivity contribution in [2.24, 2.45) is 5.73 Å². The Bertz CT molecular complexity index is 703. The normalized spacial score (nSPS) is 11.1. The van der Waals surface area contributed by atoms with Crippen LogP contribution in [0.5, 0.6) is 0 Å². The van der Waals surface area contributed by atoms with Crippen molar-refractivity contribution < 1.29 is 0 Å². The van der Waals surface area contributed by atoms with Crippen molar-refractivity contribution in [2.45, 2.75) is 13.0 Å². The summed E-state index contributed by atoms with van der Waals surface area (Å²) < 4.78 is 3.08. The monoisotopic (exact) mass is 316 g/mol. The first-order valence-corrected chi connectivity index (χ1v) is 6.82. The van der Waals surface area contributed by atoms with E-state index in [0.717, 1.165) is 27.9 Å². The Balaban J connectivity index is 1.98. The molecule has 3 rings (SSSR count). The van der Waals surface area contributed by atoms with Gasteiger partial charge in [0.05, 0.1) is 0 Å². The largest absolute Gasteiger partial charge is 0.326 e. The number of nitrogens with zero attached hydrogens (tertiary/aromatic N) is 3. The number of benzene rings is 1. The summed E-state index contributed by atoms with van der Waals surface area (Å²) in [5, 5.41) is 8.42. The van der Waals surface area contributed by atoms with Crippen LogP contribution >= 0.6 is 15.9 Å². The van der Waals surface area contributed by atoms with Gasteiger partial charge in [-0.05, 0) is 29.3 Å². The lowest BCUT2D eigenvalue weighted by molar-refractivity contribution is 0.922. The van der Waals surface area contributed by atoms with Gasteiger partial charge < -0.3 is 5.73 Å². The van der Waals surface area contributed by atoms with Crippen LogP contribution in [0.25, 0.3) is 5.65 Å². The third kappa shape index (κ3) is 2.52. The third-order valence-corrected chi connectivity index (χ3v) is 3.57. The summed E-state index contributed by atoms with van der Waals surface area (Å²) >= 11 is 3.43. The summed E-state index contributed by atoms with van der Waals surface area (Å²) in [4.78, 5) is 0.